The predicted molar refractivity (Wildman–Crippen MR) is 131 cm³/mol. The number of pyridine rings is 1. The van der Waals surface area contributed by atoms with E-state index in [9.17, 15) is 0 Å². The summed E-state index contributed by atoms with van der Waals surface area (Å²) in [5.41, 5.74) is 3.59. The maximum Gasteiger partial charge on any atom is 0.103 e. The van der Waals surface area contributed by atoms with E-state index in [0.717, 1.165) is 34.0 Å². The normalized spacial score (nSPS) is 25.0. The fourth-order valence-electron chi connectivity index (χ4n) is 5.08. The molecular weight excluding hydrogens is 450 g/mol. The summed E-state index contributed by atoms with van der Waals surface area (Å²) in [7, 11) is 0. The first-order valence-corrected chi connectivity index (χ1v) is 12.5. The zero-order chi connectivity index (χ0) is 21.5. The van der Waals surface area contributed by atoms with Crippen LogP contribution < -0.4 is 10.6 Å². The summed E-state index contributed by atoms with van der Waals surface area (Å²) in [5, 5.41) is 14.7. The standard InChI is InChI=1S/C25H34BrN5/c26-23(15-27)24-11-10-20(14-25(30-24)29-17-19-6-4-12-28-16-19)21-7-5-13-31(18-21)22-8-2-1-3-9-22/h4,6,10,12,14-16,21-22,27,29-30H,1-3,5,7-9,11,13,17-18H2/b24-23+,27-15?. The second-order valence-electron chi connectivity index (χ2n) is 8.90. The van der Waals surface area contributed by atoms with Crippen molar-refractivity contribution < 1.29 is 0 Å². The van der Waals surface area contributed by atoms with Crippen molar-refractivity contribution in [3.8, 4) is 0 Å². The number of nitrogens with one attached hydrogen (secondary N) is 3. The van der Waals surface area contributed by atoms with Crippen molar-refractivity contribution in [3.63, 3.8) is 0 Å². The van der Waals surface area contributed by atoms with Crippen LogP contribution in [0.25, 0.3) is 0 Å². The summed E-state index contributed by atoms with van der Waals surface area (Å²) in [4.78, 5) is 6.99. The molecule has 166 valence electrons. The van der Waals surface area contributed by atoms with Crippen LogP contribution in [0.1, 0.15) is 56.9 Å². The molecule has 31 heavy (non-hydrogen) atoms. The van der Waals surface area contributed by atoms with Crippen molar-refractivity contribution >= 4 is 22.1 Å². The topological polar surface area (TPSA) is 64.0 Å². The lowest BCUT2D eigenvalue weighted by Gasteiger charge is -2.40. The minimum absolute atomic E-state index is 0.575. The van der Waals surface area contributed by atoms with Crippen molar-refractivity contribution in [3.05, 3.63) is 63.8 Å². The fraction of sp³-hybridized carbons (Fsp3) is 0.520. The minimum atomic E-state index is 0.575. The number of halogens is 1. The molecule has 1 aromatic rings. The first kappa shape index (κ1) is 22.3. The molecule has 4 rings (SSSR count). The van der Waals surface area contributed by atoms with Crippen LogP contribution in [-0.4, -0.2) is 35.2 Å². The number of hydrogen-bond donors (Lipinski definition) is 3. The summed E-state index contributed by atoms with van der Waals surface area (Å²) in [6.07, 6.45) is 20.0. The highest BCUT2D eigenvalue weighted by molar-refractivity contribution is 9.12. The summed E-state index contributed by atoms with van der Waals surface area (Å²) >= 11 is 3.55. The van der Waals surface area contributed by atoms with Gasteiger partial charge in [0.05, 0.1) is 4.48 Å². The van der Waals surface area contributed by atoms with Crippen LogP contribution in [0.2, 0.25) is 0 Å². The van der Waals surface area contributed by atoms with E-state index in [-0.39, 0.29) is 0 Å². The summed E-state index contributed by atoms with van der Waals surface area (Å²) in [6.45, 7) is 3.15. The Labute approximate surface area is 194 Å². The molecule has 3 aliphatic rings. The monoisotopic (exact) mass is 483 g/mol. The number of hydrogen-bond acceptors (Lipinski definition) is 5. The third kappa shape index (κ3) is 6.07. The maximum atomic E-state index is 7.66. The van der Waals surface area contributed by atoms with Crippen LogP contribution in [-0.2, 0) is 6.54 Å². The number of rotatable bonds is 6. The molecule has 1 saturated carbocycles. The summed E-state index contributed by atoms with van der Waals surface area (Å²) in [5.74, 6) is 1.57. The average molecular weight is 484 g/mol. The molecule has 0 amide bonds. The number of aromatic nitrogens is 1. The van der Waals surface area contributed by atoms with E-state index in [1.807, 2.05) is 12.3 Å². The van der Waals surface area contributed by atoms with Gasteiger partial charge < -0.3 is 16.0 Å². The van der Waals surface area contributed by atoms with Gasteiger partial charge in [-0.1, -0.05) is 31.4 Å². The van der Waals surface area contributed by atoms with Crippen molar-refractivity contribution in [2.75, 3.05) is 13.1 Å². The van der Waals surface area contributed by atoms with E-state index < -0.39 is 0 Å². The summed E-state index contributed by atoms with van der Waals surface area (Å²) < 4.78 is 0.798. The van der Waals surface area contributed by atoms with Gasteiger partial charge in [-0.15, -0.1) is 0 Å². The van der Waals surface area contributed by atoms with Crippen LogP contribution in [0.4, 0.5) is 0 Å². The quantitative estimate of drug-likeness (QED) is 0.484. The Bertz CT molecular complexity index is 839. The molecule has 2 fully saturated rings. The Hall–Kier alpha value is -1.92. The highest BCUT2D eigenvalue weighted by atomic mass is 79.9. The van der Waals surface area contributed by atoms with E-state index in [4.69, 9.17) is 5.41 Å². The van der Waals surface area contributed by atoms with Gasteiger partial charge in [0.25, 0.3) is 0 Å². The van der Waals surface area contributed by atoms with E-state index >= 15 is 0 Å². The molecule has 3 heterocycles. The second-order valence-corrected chi connectivity index (χ2v) is 9.76. The number of piperidine rings is 1. The van der Waals surface area contributed by atoms with Crippen molar-refractivity contribution in [2.45, 2.75) is 64.0 Å². The Kier molecular flexibility index (Phi) is 7.97. The van der Waals surface area contributed by atoms with Crippen molar-refractivity contribution in [2.24, 2.45) is 5.92 Å². The molecule has 0 bridgehead atoms. The molecule has 5 nitrogen and oxygen atoms in total. The maximum absolute atomic E-state index is 7.66. The highest BCUT2D eigenvalue weighted by Gasteiger charge is 2.28. The van der Waals surface area contributed by atoms with Gasteiger partial charge in [0.2, 0.25) is 0 Å². The Morgan fingerprint density at radius 2 is 2.13 bits per heavy atom. The molecule has 6 heteroatoms. The van der Waals surface area contributed by atoms with Gasteiger partial charge in [-0.2, -0.15) is 0 Å². The van der Waals surface area contributed by atoms with Gasteiger partial charge in [-0.25, -0.2) is 0 Å². The molecule has 0 spiro atoms. The SMILES string of the molecule is N=C/C(Br)=C1/CC=C(C2CCCN(C3CCCCC3)C2)C=C(NCc2cccnc2)N1. The van der Waals surface area contributed by atoms with Gasteiger partial charge in [0.1, 0.15) is 5.82 Å². The van der Waals surface area contributed by atoms with Gasteiger partial charge in [0.15, 0.2) is 0 Å². The zero-order valence-electron chi connectivity index (χ0n) is 18.2. The average Bonchev–Trinajstić information content (AvgIpc) is 3.06. The van der Waals surface area contributed by atoms with E-state index in [1.165, 1.54) is 69.8 Å². The van der Waals surface area contributed by atoms with Crippen LogP contribution in [0, 0.1) is 11.3 Å². The molecule has 3 N–H and O–H groups in total. The van der Waals surface area contributed by atoms with Gasteiger partial charge in [0, 0.05) is 49.9 Å². The van der Waals surface area contributed by atoms with E-state index in [1.54, 1.807) is 6.20 Å². The molecule has 1 aliphatic carbocycles. The van der Waals surface area contributed by atoms with Crippen LogP contribution in [0.3, 0.4) is 0 Å². The summed E-state index contributed by atoms with van der Waals surface area (Å²) in [6, 6.07) is 4.84. The largest absolute Gasteiger partial charge is 0.367 e. The Balaban J connectivity index is 1.51. The third-order valence-corrected chi connectivity index (χ3v) is 7.48. The lowest BCUT2D eigenvalue weighted by atomic mass is 9.86. The Morgan fingerprint density at radius 3 is 2.90 bits per heavy atom. The van der Waals surface area contributed by atoms with Crippen LogP contribution in [0.5, 0.6) is 0 Å². The molecule has 0 aromatic carbocycles. The molecule has 1 saturated heterocycles. The van der Waals surface area contributed by atoms with E-state index in [0.29, 0.717) is 12.5 Å². The number of allylic oxidation sites excluding steroid dienone is 3. The van der Waals surface area contributed by atoms with E-state index in [2.05, 4.69) is 54.7 Å². The zero-order valence-corrected chi connectivity index (χ0v) is 19.8. The molecule has 1 atom stereocenters. The molecule has 1 unspecified atom stereocenters. The third-order valence-electron chi connectivity index (χ3n) is 6.77. The van der Waals surface area contributed by atoms with Gasteiger partial charge in [-0.05, 0) is 77.4 Å². The van der Waals surface area contributed by atoms with Gasteiger partial charge in [-0.3, -0.25) is 9.88 Å². The molecule has 1 aromatic heterocycles. The minimum Gasteiger partial charge on any atom is -0.367 e. The lowest BCUT2D eigenvalue weighted by Crippen LogP contribution is -2.43. The second kappa shape index (κ2) is 11.1. The first-order chi connectivity index (χ1) is 15.2. The Morgan fingerprint density at radius 1 is 1.26 bits per heavy atom. The van der Waals surface area contributed by atoms with Crippen molar-refractivity contribution in [1.29, 1.82) is 5.41 Å². The highest BCUT2D eigenvalue weighted by Crippen LogP contribution is 2.32. The number of nitrogens with zero attached hydrogens (tertiary/aromatic N) is 2. The predicted octanol–water partition coefficient (Wildman–Crippen LogP) is 5.23. The van der Waals surface area contributed by atoms with Crippen LogP contribution in [0.15, 0.2) is 58.3 Å². The van der Waals surface area contributed by atoms with Gasteiger partial charge >= 0.3 is 0 Å². The number of likely N-dealkylation sites (tertiary alicyclic amines) is 1. The van der Waals surface area contributed by atoms with Crippen molar-refractivity contribution in [1.82, 2.24) is 20.5 Å². The smallest absolute Gasteiger partial charge is 0.103 e. The lowest BCUT2D eigenvalue weighted by molar-refractivity contribution is 0.109. The molecule has 2 aliphatic heterocycles. The molecular formula is C25H34BrN5. The first-order valence-electron chi connectivity index (χ1n) is 11.7. The van der Waals surface area contributed by atoms with Crippen LogP contribution >= 0.6 is 15.9 Å². The fourth-order valence-corrected chi connectivity index (χ4v) is 5.34. The molecule has 0 radical (unpaired) electrons.